The Morgan fingerprint density at radius 1 is 0.950 bits per heavy atom. The first-order chi connectivity index (χ1) is 9.77. The molecule has 0 aliphatic heterocycles. The van der Waals surface area contributed by atoms with Crippen LogP contribution in [-0.2, 0) is 0 Å². The van der Waals surface area contributed by atoms with E-state index >= 15 is 0 Å². The fraction of sp³-hybridized carbons (Fsp3) is 0.778. The lowest BCUT2D eigenvalue weighted by atomic mass is 10.0. The lowest BCUT2D eigenvalue weighted by molar-refractivity contribution is 0.480. The molecule has 0 radical (unpaired) electrons. The maximum atomic E-state index is 3.64. The molecule has 1 N–H and O–H groups in total. The van der Waals surface area contributed by atoms with Gasteiger partial charge in [0.25, 0.3) is 0 Å². The fourth-order valence-corrected chi connectivity index (χ4v) is 3.70. The van der Waals surface area contributed by atoms with E-state index in [2.05, 4.69) is 38.2 Å². The number of thiophene rings is 1. The van der Waals surface area contributed by atoms with Crippen LogP contribution < -0.4 is 5.32 Å². The number of rotatable bonds is 12. The summed E-state index contributed by atoms with van der Waals surface area (Å²) in [5, 5.41) is 3.64. The Morgan fingerprint density at radius 2 is 1.60 bits per heavy atom. The SMILES string of the molecule is CCCCCCCCCCC(NCC)c1ccc(C)s1. The van der Waals surface area contributed by atoms with Crippen molar-refractivity contribution in [3.8, 4) is 0 Å². The molecule has 0 fully saturated rings. The van der Waals surface area contributed by atoms with Crippen molar-refractivity contribution >= 4 is 11.3 Å². The van der Waals surface area contributed by atoms with Crippen molar-refractivity contribution in [3.63, 3.8) is 0 Å². The predicted octanol–water partition coefficient (Wildman–Crippen LogP) is 6.24. The second kappa shape index (κ2) is 11.3. The molecule has 0 spiro atoms. The van der Waals surface area contributed by atoms with Crippen molar-refractivity contribution in [3.05, 3.63) is 21.9 Å². The van der Waals surface area contributed by atoms with E-state index in [0.717, 1.165) is 6.54 Å². The highest BCUT2D eigenvalue weighted by molar-refractivity contribution is 7.12. The van der Waals surface area contributed by atoms with Gasteiger partial charge in [-0.1, -0.05) is 65.2 Å². The standard InChI is InChI=1S/C18H33NS/c1-4-6-7-8-9-10-11-12-13-17(19-5-2)18-15-14-16(3)20-18/h14-15,17,19H,4-13H2,1-3H3. The summed E-state index contributed by atoms with van der Waals surface area (Å²) in [6.07, 6.45) is 12.6. The molecule has 1 heterocycles. The highest BCUT2D eigenvalue weighted by atomic mass is 32.1. The normalized spacial score (nSPS) is 12.8. The van der Waals surface area contributed by atoms with Gasteiger partial charge in [0.15, 0.2) is 0 Å². The Kier molecular flexibility index (Phi) is 10.0. The minimum absolute atomic E-state index is 0.582. The van der Waals surface area contributed by atoms with Gasteiger partial charge in [0.05, 0.1) is 0 Å². The first-order valence-corrected chi connectivity index (χ1v) is 9.39. The summed E-state index contributed by atoms with van der Waals surface area (Å²) in [6, 6.07) is 5.13. The smallest absolute Gasteiger partial charge is 0.0414 e. The third kappa shape index (κ3) is 7.44. The third-order valence-electron chi connectivity index (χ3n) is 3.90. The Hall–Kier alpha value is -0.340. The van der Waals surface area contributed by atoms with Gasteiger partial charge in [-0.15, -0.1) is 11.3 Å². The van der Waals surface area contributed by atoms with Crippen molar-refractivity contribution in [2.75, 3.05) is 6.54 Å². The van der Waals surface area contributed by atoms with Gasteiger partial charge in [-0.3, -0.25) is 0 Å². The molecule has 0 aliphatic rings. The molecule has 1 nitrogen and oxygen atoms in total. The lowest BCUT2D eigenvalue weighted by Crippen LogP contribution is -2.19. The van der Waals surface area contributed by atoms with Gasteiger partial charge in [-0.05, 0) is 32.0 Å². The average molecular weight is 296 g/mol. The zero-order chi connectivity index (χ0) is 14.6. The second-order valence-electron chi connectivity index (χ2n) is 5.82. The van der Waals surface area contributed by atoms with E-state index in [1.807, 2.05) is 11.3 Å². The molecule has 1 unspecified atom stereocenters. The summed E-state index contributed by atoms with van der Waals surface area (Å²) >= 11 is 1.95. The molecule has 1 aromatic rings. The zero-order valence-corrected chi connectivity index (χ0v) is 14.5. The van der Waals surface area contributed by atoms with Gasteiger partial charge in [0, 0.05) is 15.8 Å². The molecule has 0 aromatic carbocycles. The number of hydrogen-bond acceptors (Lipinski definition) is 2. The monoisotopic (exact) mass is 295 g/mol. The van der Waals surface area contributed by atoms with E-state index < -0.39 is 0 Å². The van der Waals surface area contributed by atoms with Crippen LogP contribution in [0.5, 0.6) is 0 Å². The van der Waals surface area contributed by atoms with Crippen LogP contribution in [0, 0.1) is 6.92 Å². The van der Waals surface area contributed by atoms with Gasteiger partial charge in [-0.25, -0.2) is 0 Å². The first-order valence-electron chi connectivity index (χ1n) is 8.57. The Labute approximate surface area is 130 Å². The molecule has 0 saturated heterocycles. The van der Waals surface area contributed by atoms with Crippen LogP contribution in [-0.4, -0.2) is 6.54 Å². The van der Waals surface area contributed by atoms with E-state index in [0.29, 0.717) is 6.04 Å². The topological polar surface area (TPSA) is 12.0 Å². The number of aryl methyl sites for hydroxylation is 1. The molecule has 0 saturated carbocycles. The minimum Gasteiger partial charge on any atom is -0.310 e. The van der Waals surface area contributed by atoms with Gasteiger partial charge in [0.2, 0.25) is 0 Å². The number of nitrogens with one attached hydrogen (secondary N) is 1. The average Bonchev–Trinajstić information content (AvgIpc) is 2.87. The predicted molar refractivity (Wildman–Crippen MR) is 92.7 cm³/mol. The Bertz CT molecular complexity index is 332. The molecule has 1 atom stereocenters. The van der Waals surface area contributed by atoms with Crippen LogP contribution in [0.4, 0.5) is 0 Å². The molecule has 0 aliphatic carbocycles. The molecule has 1 aromatic heterocycles. The summed E-state index contributed by atoms with van der Waals surface area (Å²) < 4.78 is 0. The van der Waals surface area contributed by atoms with Crippen molar-refractivity contribution < 1.29 is 0 Å². The molecule has 116 valence electrons. The summed E-state index contributed by atoms with van der Waals surface area (Å²) in [6.45, 7) is 7.76. The van der Waals surface area contributed by atoms with Crippen molar-refractivity contribution in [2.45, 2.75) is 84.6 Å². The molecule has 1 rings (SSSR count). The Morgan fingerprint density at radius 3 is 2.15 bits per heavy atom. The second-order valence-corrected chi connectivity index (χ2v) is 7.14. The largest absolute Gasteiger partial charge is 0.310 e. The quantitative estimate of drug-likeness (QED) is 0.450. The highest BCUT2D eigenvalue weighted by Crippen LogP contribution is 2.27. The molecular formula is C18H33NS. The van der Waals surface area contributed by atoms with Crippen LogP contribution in [0.2, 0.25) is 0 Å². The van der Waals surface area contributed by atoms with E-state index in [4.69, 9.17) is 0 Å². The van der Waals surface area contributed by atoms with Crippen molar-refractivity contribution in [2.24, 2.45) is 0 Å². The van der Waals surface area contributed by atoms with E-state index in [1.165, 1.54) is 67.5 Å². The molecular weight excluding hydrogens is 262 g/mol. The van der Waals surface area contributed by atoms with Gasteiger partial charge in [0.1, 0.15) is 0 Å². The maximum Gasteiger partial charge on any atom is 0.0414 e. The summed E-state index contributed by atoms with van der Waals surface area (Å²) in [5.74, 6) is 0. The summed E-state index contributed by atoms with van der Waals surface area (Å²) in [5.41, 5.74) is 0. The van der Waals surface area contributed by atoms with E-state index in [1.54, 1.807) is 0 Å². The van der Waals surface area contributed by atoms with Crippen molar-refractivity contribution in [1.82, 2.24) is 5.32 Å². The van der Waals surface area contributed by atoms with Crippen LogP contribution in [0.25, 0.3) is 0 Å². The highest BCUT2D eigenvalue weighted by Gasteiger charge is 2.11. The third-order valence-corrected chi connectivity index (χ3v) is 5.02. The molecule has 0 bridgehead atoms. The lowest BCUT2D eigenvalue weighted by Gasteiger charge is -2.16. The van der Waals surface area contributed by atoms with Crippen LogP contribution in [0.15, 0.2) is 12.1 Å². The molecule has 0 amide bonds. The summed E-state index contributed by atoms with van der Waals surface area (Å²) in [7, 11) is 0. The van der Waals surface area contributed by atoms with Gasteiger partial charge in [-0.2, -0.15) is 0 Å². The first kappa shape index (κ1) is 17.7. The molecule has 20 heavy (non-hydrogen) atoms. The van der Waals surface area contributed by atoms with E-state index in [-0.39, 0.29) is 0 Å². The van der Waals surface area contributed by atoms with Gasteiger partial charge >= 0.3 is 0 Å². The zero-order valence-electron chi connectivity index (χ0n) is 13.7. The van der Waals surface area contributed by atoms with Crippen LogP contribution in [0.3, 0.4) is 0 Å². The maximum absolute atomic E-state index is 3.64. The van der Waals surface area contributed by atoms with E-state index in [9.17, 15) is 0 Å². The van der Waals surface area contributed by atoms with Crippen LogP contribution in [0.1, 0.15) is 87.4 Å². The fourth-order valence-electron chi connectivity index (χ4n) is 2.71. The minimum atomic E-state index is 0.582. The Balaban J connectivity index is 2.14. The number of hydrogen-bond donors (Lipinski definition) is 1. The van der Waals surface area contributed by atoms with Gasteiger partial charge < -0.3 is 5.32 Å². The van der Waals surface area contributed by atoms with Crippen LogP contribution >= 0.6 is 11.3 Å². The number of unbranched alkanes of at least 4 members (excludes halogenated alkanes) is 7. The molecule has 2 heteroatoms. The summed E-state index contributed by atoms with van der Waals surface area (Å²) in [4.78, 5) is 2.95. The van der Waals surface area contributed by atoms with Crippen molar-refractivity contribution in [1.29, 1.82) is 0 Å².